The molecule has 0 aliphatic carbocycles. The van der Waals surface area contributed by atoms with E-state index in [1.165, 1.54) is 12.1 Å². The van der Waals surface area contributed by atoms with E-state index in [0.717, 1.165) is 51.3 Å². The van der Waals surface area contributed by atoms with Gasteiger partial charge >= 0.3 is 18.0 Å². The van der Waals surface area contributed by atoms with Gasteiger partial charge in [0.15, 0.2) is 5.82 Å². The van der Waals surface area contributed by atoms with Gasteiger partial charge in [0.05, 0.1) is 12.2 Å². The number of nitrogens with zero attached hydrogens (tertiary/aromatic N) is 5. The van der Waals surface area contributed by atoms with E-state index in [0.29, 0.717) is 37.5 Å². The van der Waals surface area contributed by atoms with Crippen molar-refractivity contribution >= 4 is 23.9 Å². The highest BCUT2D eigenvalue weighted by Crippen LogP contribution is 2.22. The minimum Gasteiger partial charge on any atom is -0.493 e. The SMILES string of the molecule is CC(C)c1noc(N2CCN(C(C)CCOc3ccc(C(=O)N4CCCC4)c(F)c3)CC2)n1.O=C(O)C(=O)O. The summed E-state index contributed by atoms with van der Waals surface area (Å²) in [5, 5.41) is 18.8. The van der Waals surface area contributed by atoms with Gasteiger partial charge in [-0.2, -0.15) is 4.98 Å². The van der Waals surface area contributed by atoms with Crippen LogP contribution in [0.25, 0.3) is 0 Å². The first-order valence-electron chi connectivity index (χ1n) is 13.1. The first-order valence-corrected chi connectivity index (χ1v) is 13.1. The second kappa shape index (κ2) is 13.9. The Hall–Kier alpha value is -3.74. The zero-order valence-electron chi connectivity index (χ0n) is 22.5. The van der Waals surface area contributed by atoms with Gasteiger partial charge in [-0.3, -0.25) is 9.69 Å². The van der Waals surface area contributed by atoms with Crippen molar-refractivity contribution < 1.29 is 38.2 Å². The van der Waals surface area contributed by atoms with Gasteiger partial charge in [0.2, 0.25) is 0 Å². The third-order valence-corrected chi connectivity index (χ3v) is 6.71. The number of aliphatic carboxylic acids is 2. The summed E-state index contributed by atoms with van der Waals surface area (Å²) in [6.07, 6.45) is 2.80. The molecule has 4 rings (SSSR count). The van der Waals surface area contributed by atoms with Crippen LogP contribution in [0, 0.1) is 5.82 Å². The fourth-order valence-corrected chi connectivity index (χ4v) is 4.32. The van der Waals surface area contributed by atoms with Crippen LogP contribution < -0.4 is 9.64 Å². The molecule has 214 valence electrons. The van der Waals surface area contributed by atoms with Crippen molar-refractivity contribution in [2.24, 2.45) is 0 Å². The zero-order valence-corrected chi connectivity index (χ0v) is 22.5. The normalized spacial score (nSPS) is 16.5. The summed E-state index contributed by atoms with van der Waals surface area (Å²) < 4.78 is 25.7. The Morgan fingerprint density at radius 1 is 1.03 bits per heavy atom. The summed E-state index contributed by atoms with van der Waals surface area (Å²) in [6.45, 7) is 11.7. The van der Waals surface area contributed by atoms with E-state index in [1.54, 1.807) is 11.0 Å². The van der Waals surface area contributed by atoms with E-state index in [1.807, 2.05) is 13.8 Å². The number of benzene rings is 1. The highest BCUT2D eigenvalue weighted by Gasteiger charge is 2.25. The second-order valence-corrected chi connectivity index (χ2v) is 9.85. The molecule has 0 spiro atoms. The number of hydrogen-bond donors (Lipinski definition) is 2. The van der Waals surface area contributed by atoms with E-state index >= 15 is 0 Å². The van der Waals surface area contributed by atoms with Crippen LogP contribution in [0.15, 0.2) is 22.7 Å². The number of piperazine rings is 1. The third-order valence-electron chi connectivity index (χ3n) is 6.71. The van der Waals surface area contributed by atoms with Crippen LogP contribution in [-0.4, -0.2) is 99.9 Å². The maximum Gasteiger partial charge on any atom is 0.414 e. The van der Waals surface area contributed by atoms with Crippen LogP contribution in [-0.2, 0) is 9.59 Å². The molecule has 1 aromatic heterocycles. The summed E-state index contributed by atoms with van der Waals surface area (Å²) in [6, 6.07) is 5.48. The molecule has 1 amide bonds. The third kappa shape index (κ3) is 8.37. The average Bonchev–Trinajstić information content (AvgIpc) is 3.62. The summed E-state index contributed by atoms with van der Waals surface area (Å²) in [5.74, 6) is -2.95. The van der Waals surface area contributed by atoms with Gasteiger partial charge in [0, 0.05) is 57.3 Å². The van der Waals surface area contributed by atoms with E-state index < -0.39 is 17.8 Å². The fraction of sp³-hybridized carbons (Fsp3) is 0.577. The molecule has 12 nitrogen and oxygen atoms in total. The van der Waals surface area contributed by atoms with Gasteiger partial charge in [-0.05, 0) is 38.3 Å². The number of rotatable bonds is 8. The lowest BCUT2D eigenvalue weighted by Crippen LogP contribution is -2.50. The van der Waals surface area contributed by atoms with Crippen LogP contribution in [0.4, 0.5) is 10.4 Å². The fourth-order valence-electron chi connectivity index (χ4n) is 4.32. The maximum atomic E-state index is 14.5. The highest BCUT2D eigenvalue weighted by molar-refractivity contribution is 6.27. The van der Waals surface area contributed by atoms with E-state index in [-0.39, 0.29) is 17.4 Å². The number of hydrogen-bond acceptors (Lipinski definition) is 9. The number of ether oxygens (including phenoxy) is 1. The molecule has 1 atom stereocenters. The number of carboxylic acid groups (broad SMARTS) is 2. The minimum absolute atomic E-state index is 0.122. The molecule has 0 radical (unpaired) electrons. The Morgan fingerprint density at radius 2 is 1.67 bits per heavy atom. The number of anilines is 1. The molecule has 0 saturated carbocycles. The van der Waals surface area contributed by atoms with Gasteiger partial charge in [-0.15, -0.1) is 0 Å². The summed E-state index contributed by atoms with van der Waals surface area (Å²) >= 11 is 0. The number of amides is 1. The average molecular weight is 550 g/mol. The minimum atomic E-state index is -1.82. The van der Waals surface area contributed by atoms with Crippen molar-refractivity contribution in [3.05, 3.63) is 35.4 Å². The molecule has 2 N–H and O–H groups in total. The number of carbonyl (C=O) groups is 3. The Bertz CT molecular complexity index is 1120. The highest BCUT2D eigenvalue weighted by atomic mass is 19.1. The lowest BCUT2D eigenvalue weighted by Gasteiger charge is -2.37. The maximum absolute atomic E-state index is 14.5. The van der Waals surface area contributed by atoms with Crippen LogP contribution in [0.2, 0.25) is 0 Å². The Kier molecular flexibility index (Phi) is 10.6. The topological polar surface area (TPSA) is 150 Å². The van der Waals surface area contributed by atoms with Crippen molar-refractivity contribution in [1.82, 2.24) is 19.9 Å². The van der Waals surface area contributed by atoms with Gasteiger partial charge < -0.3 is 29.3 Å². The predicted octanol–water partition coefficient (Wildman–Crippen LogP) is 2.70. The molecule has 39 heavy (non-hydrogen) atoms. The number of carboxylic acids is 2. The van der Waals surface area contributed by atoms with Gasteiger partial charge in [0.1, 0.15) is 11.6 Å². The monoisotopic (exact) mass is 549 g/mol. The van der Waals surface area contributed by atoms with Gasteiger partial charge in [-0.1, -0.05) is 19.0 Å². The number of aromatic nitrogens is 2. The van der Waals surface area contributed by atoms with Crippen LogP contribution >= 0.6 is 0 Å². The Labute approximate surface area is 226 Å². The number of likely N-dealkylation sites (tertiary alicyclic amines) is 1. The standard InChI is InChI=1S/C24H34FN5O3.C2H2O4/c1-17(2)22-26-24(33-27-22)30-13-11-28(12-14-30)18(3)8-15-32-19-6-7-20(21(25)16-19)23(31)29-9-4-5-10-29;3-1(4)2(5)6/h6-7,16-18H,4-5,8-15H2,1-3H3;(H,3,4)(H,5,6). The Morgan fingerprint density at radius 3 is 2.21 bits per heavy atom. The lowest BCUT2D eigenvalue weighted by atomic mass is 10.1. The molecule has 1 aromatic carbocycles. The van der Waals surface area contributed by atoms with Gasteiger partial charge in [0.25, 0.3) is 5.91 Å². The molecule has 2 aromatic rings. The second-order valence-electron chi connectivity index (χ2n) is 9.85. The van der Waals surface area contributed by atoms with E-state index in [4.69, 9.17) is 29.1 Å². The smallest absolute Gasteiger partial charge is 0.414 e. The molecule has 1 unspecified atom stereocenters. The summed E-state index contributed by atoms with van der Waals surface area (Å²) in [7, 11) is 0. The van der Waals surface area contributed by atoms with Crippen LogP contribution in [0.1, 0.15) is 62.1 Å². The van der Waals surface area contributed by atoms with Crippen LogP contribution in [0.5, 0.6) is 5.75 Å². The van der Waals surface area contributed by atoms with Crippen LogP contribution in [0.3, 0.4) is 0 Å². The predicted molar refractivity (Wildman–Crippen MR) is 139 cm³/mol. The first kappa shape index (κ1) is 29.8. The summed E-state index contributed by atoms with van der Waals surface area (Å²) in [4.78, 5) is 41.4. The molecule has 13 heteroatoms. The van der Waals surface area contributed by atoms with Gasteiger partial charge in [-0.25, -0.2) is 14.0 Å². The van der Waals surface area contributed by atoms with Crippen molar-refractivity contribution in [2.45, 2.75) is 52.0 Å². The molecule has 2 saturated heterocycles. The molecule has 3 heterocycles. The van der Waals surface area contributed by atoms with E-state index in [2.05, 4.69) is 26.9 Å². The molecular weight excluding hydrogens is 513 g/mol. The molecule has 2 aliphatic rings. The van der Waals surface area contributed by atoms with Crippen molar-refractivity contribution in [3.8, 4) is 5.75 Å². The molecule has 0 bridgehead atoms. The van der Waals surface area contributed by atoms with Crippen molar-refractivity contribution in [1.29, 1.82) is 0 Å². The lowest BCUT2D eigenvalue weighted by molar-refractivity contribution is -0.159. The summed E-state index contributed by atoms with van der Waals surface area (Å²) in [5.41, 5.74) is 0.122. The molecule has 2 aliphatic heterocycles. The van der Waals surface area contributed by atoms with Crippen molar-refractivity contribution in [3.63, 3.8) is 0 Å². The molecular formula is C26H36FN5O7. The van der Waals surface area contributed by atoms with E-state index in [9.17, 15) is 9.18 Å². The van der Waals surface area contributed by atoms with Crippen molar-refractivity contribution in [2.75, 3.05) is 50.8 Å². The number of halogens is 1. The number of carbonyl (C=O) groups excluding carboxylic acids is 1. The first-order chi connectivity index (χ1) is 18.6. The largest absolute Gasteiger partial charge is 0.493 e. The zero-order chi connectivity index (χ0) is 28.5. The quantitative estimate of drug-likeness (QED) is 0.468. The molecule has 2 fully saturated rings. The Balaban J connectivity index is 0.000000631.